The van der Waals surface area contributed by atoms with Crippen molar-refractivity contribution in [3.05, 3.63) is 52.0 Å². The van der Waals surface area contributed by atoms with Gasteiger partial charge in [-0.25, -0.2) is 4.98 Å². The summed E-state index contributed by atoms with van der Waals surface area (Å²) in [5, 5.41) is 7.42. The fraction of sp³-hybridized carbons (Fsp3) is 0.444. The number of thiazole rings is 1. The Labute approximate surface area is 160 Å². The molecule has 148 valence electrons. The van der Waals surface area contributed by atoms with E-state index in [0.717, 1.165) is 28.7 Å². The molecule has 0 aliphatic rings. The highest BCUT2D eigenvalue weighted by molar-refractivity contribution is 7.09. The molecule has 0 bridgehead atoms. The topological polar surface area (TPSA) is 58.5 Å². The van der Waals surface area contributed by atoms with Gasteiger partial charge in [0.25, 0.3) is 0 Å². The number of ether oxygens (including phenoxy) is 1. The largest absolute Gasteiger partial charge is 0.434 e. The van der Waals surface area contributed by atoms with Crippen molar-refractivity contribution in [1.82, 2.24) is 15.6 Å². The number of nitrogens with zero attached hydrogens (tertiary/aromatic N) is 2. The van der Waals surface area contributed by atoms with Crippen LogP contribution in [0.25, 0.3) is 0 Å². The molecule has 0 radical (unpaired) electrons. The first-order valence-corrected chi connectivity index (χ1v) is 9.40. The maximum absolute atomic E-state index is 12.5. The summed E-state index contributed by atoms with van der Waals surface area (Å²) in [5.74, 6) is 0.509. The van der Waals surface area contributed by atoms with E-state index >= 15 is 0 Å². The third-order valence-electron chi connectivity index (χ3n) is 3.72. The Morgan fingerprint density at radius 2 is 2.00 bits per heavy atom. The van der Waals surface area contributed by atoms with Crippen LogP contribution in [0.1, 0.15) is 35.7 Å². The predicted molar refractivity (Wildman–Crippen MR) is 101 cm³/mol. The molecule has 1 heterocycles. The highest BCUT2D eigenvalue weighted by Crippen LogP contribution is 2.29. The Morgan fingerprint density at radius 1 is 1.26 bits per heavy atom. The van der Waals surface area contributed by atoms with Gasteiger partial charge in [0.15, 0.2) is 11.7 Å². The predicted octanol–water partition coefficient (Wildman–Crippen LogP) is 3.99. The van der Waals surface area contributed by atoms with Gasteiger partial charge in [0.1, 0.15) is 5.01 Å². The molecule has 2 N–H and O–H groups in total. The Kier molecular flexibility index (Phi) is 8.05. The lowest BCUT2D eigenvalue weighted by Crippen LogP contribution is -2.37. The van der Waals surface area contributed by atoms with Crippen LogP contribution in [0, 0.1) is 0 Å². The number of hydrogen-bond acceptors (Lipinski definition) is 4. The van der Waals surface area contributed by atoms with E-state index in [4.69, 9.17) is 4.74 Å². The first-order chi connectivity index (χ1) is 12.9. The number of halogens is 3. The van der Waals surface area contributed by atoms with Crippen LogP contribution in [0.5, 0.6) is 0 Å². The maximum Gasteiger partial charge on any atom is 0.434 e. The van der Waals surface area contributed by atoms with Gasteiger partial charge in [0.05, 0.1) is 12.6 Å². The highest BCUT2D eigenvalue weighted by atomic mass is 32.1. The van der Waals surface area contributed by atoms with Crippen molar-refractivity contribution in [2.45, 2.75) is 32.2 Å². The summed E-state index contributed by atoms with van der Waals surface area (Å²) in [6.45, 7) is 3.41. The zero-order chi connectivity index (χ0) is 19.7. The molecule has 1 aromatic heterocycles. The first kappa shape index (κ1) is 21.2. The van der Waals surface area contributed by atoms with Gasteiger partial charge in [-0.1, -0.05) is 30.3 Å². The second-order valence-corrected chi connectivity index (χ2v) is 6.70. The van der Waals surface area contributed by atoms with Gasteiger partial charge in [0, 0.05) is 25.6 Å². The van der Waals surface area contributed by atoms with E-state index in [0.29, 0.717) is 24.1 Å². The molecule has 9 heteroatoms. The van der Waals surface area contributed by atoms with Crippen molar-refractivity contribution < 1.29 is 17.9 Å². The SMILES string of the molecule is CN=C(NCCCOC(C)c1ccccc1)NCc1nc(C(F)(F)F)cs1. The molecule has 1 aromatic carbocycles. The molecule has 0 aliphatic heterocycles. The molecular formula is C18H23F3N4OS. The minimum Gasteiger partial charge on any atom is -0.374 e. The summed E-state index contributed by atoms with van der Waals surface area (Å²) in [5.41, 5.74) is 0.265. The number of guanidine groups is 1. The molecule has 0 aliphatic carbocycles. The van der Waals surface area contributed by atoms with Crippen molar-refractivity contribution in [2.24, 2.45) is 4.99 Å². The lowest BCUT2D eigenvalue weighted by Gasteiger charge is -2.14. The van der Waals surface area contributed by atoms with Crippen LogP contribution < -0.4 is 10.6 Å². The van der Waals surface area contributed by atoms with E-state index in [1.165, 1.54) is 0 Å². The average molecular weight is 400 g/mol. The molecule has 0 saturated carbocycles. The van der Waals surface area contributed by atoms with Gasteiger partial charge in [-0.05, 0) is 18.9 Å². The van der Waals surface area contributed by atoms with Crippen LogP contribution in [-0.4, -0.2) is 31.1 Å². The van der Waals surface area contributed by atoms with E-state index < -0.39 is 11.9 Å². The molecule has 2 aromatic rings. The second kappa shape index (κ2) is 10.3. The van der Waals surface area contributed by atoms with Crippen LogP contribution in [0.3, 0.4) is 0 Å². The number of rotatable bonds is 8. The van der Waals surface area contributed by atoms with Crippen molar-refractivity contribution in [3.63, 3.8) is 0 Å². The van der Waals surface area contributed by atoms with Crippen LogP contribution >= 0.6 is 11.3 Å². The van der Waals surface area contributed by atoms with Crippen molar-refractivity contribution in [2.75, 3.05) is 20.2 Å². The fourth-order valence-electron chi connectivity index (χ4n) is 2.26. The minimum atomic E-state index is -4.41. The van der Waals surface area contributed by atoms with Crippen molar-refractivity contribution in [3.8, 4) is 0 Å². The molecule has 1 unspecified atom stereocenters. The number of aromatic nitrogens is 1. The summed E-state index contributed by atoms with van der Waals surface area (Å²) >= 11 is 0.966. The summed E-state index contributed by atoms with van der Waals surface area (Å²) in [4.78, 5) is 7.62. The third-order valence-corrected chi connectivity index (χ3v) is 4.57. The van der Waals surface area contributed by atoms with E-state index in [2.05, 4.69) is 20.6 Å². The van der Waals surface area contributed by atoms with E-state index in [-0.39, 0.29) is 12.6 Å². The fourth-order valence-corrected chi connectivity index (χ4v) is 3.00. The Hall–Kier alpha value is -2.13. The molecule has 0 spiro atoms. The average Bonchev–Trinajstić information content (AvgIpc) is 3.14. The Bertz CT molecular complexity index is 719. The van der Waals surface area contributed by atoms with Crippen LogP contribution in [0.2, 0.25) is 0 Å². The Morgan fingerprint density at radius 3 is 2.63 bits per heavy atom. The van der Waals surface area contributed by atoms with E-state index in [1.54, 1.807) is 7.05 Å². The zero-order valence-corrected chi connectivity index (χ0v) is 16.0. The van der Waals surface area contributed by atoms with Gasteiger partial charge in [-0.3, -0.25) is 4.99 Å². The lowest BCUT2D eigenvalue weighted by atomic mass is 10.1. The third kappa shape index (κ3) is 7.18. The monoisotopic (exact) mass is 400 g/mol. The normalized spacial score (nSPS) is 13.4. The second-order valence-electron chi connectivity index (χ2n) is 5.75. The number of alkyl halides is 3. The van der Waals surface area contributed by atoms with Crippen LogP contribution in [-0.2, 0) is 17.5 Å². The van der Waals surface area contributed by atoms with Gasteiger partial charge in [-0.2, -0.15) is 13.2 Å². The molecule has 0 amide bonds. The van der Waals surface area contributed by atoms with Gasteiger partial charge >= 0.3 is 6.18 Å². The first-order valence-electron chi connectivity index (χ1n) is 8.53. The van der Waals surface area contributed by atoms with Gasteiger partial charge in [0.2, 0.25) is 0 Å². The molecule has 0 fully saturated rings. The number of aliphatic imine (C=N–C) groups is 1. The maximum atomic E-state index is 12.5. The van der Waals surface area contributed by atoms with Gasteiger partial charge < -0.3 is 15.4 Å². The standard InChI is InChI=1S/C18H23F3N4OS/c1-13(14-7-4-3-5-8-14)26-10-6-9-23-17(22-2)24-11-16-25-15(12-27-16)18(19,20)21/h3-5,7-8,12-13H,6,9-11H2,1-2H3,(H2,22,23,24). The summed E-state index contributed by atoms with van der Waals surface area (Å²) < 4.78 is 43.4. The number of hydrogen-bond donors (Lipinski definition) is 2. The summed E-state index contributed by atoms with van der Waals surface area (Å²) in [6, 6.07) is 9.97. The summed E-state index contributed by atoms with van der Waals surface area (Å²) in [6.07, 6.45) is -3.62. The van der Waals surface area contributed by atoms with Crippen molar-refractivity contribution >= 4 is 17.3 Å². The van der Waals surface area contributed by atoms with E-state index in [1.807, 2.05) is 37.3 Å². The number of benzene rings is 1. The zero-order valence-electron chi connectivity index (χ0n) is 15.2. The lowest BCUT2D eigenvalue weighted by molar-refractivity contribution is -0.140. The number of nitrogens with one attached hydrogen (secondary N) is 2. The smallest absolute Gasteiger partial charge is 0.374 e. The van der Waals surface area contributed by atoms with E-state index in [9.17, 15) is 13.2 Å². The molecule has 2 rings (SSSR count). The summed E-state index contributed by atoms with van der Waals surface area (Å²) in [7, 11) is 1.60. The van der Waals surface area contributed by atoms with Crippen LogP contribution in [0.15, 0.2) is 40.7 Å². The molecule has 0 saturated heterocycles. The minimum absolute atomic E-state index is 0.0244. The highest BCUT2D eigenvalue weighted by Gasteiger charge is 2.33. The molecule has 1 atom stereocenters. The van der Waals surface area contributed by atoms with Crippen molar-refractivity contribution in [1.29, 1.82) is 0 Å². The molecule has 5 nitrogen and oxygen atoms in total. The quantitative estimate of drug-likeness (QED) is 0.400. The molecule has 27 heavy (non-hydrogen) atoms. The molecular weight excluding hydrogens is 377 g/mol. The Balaban J connectivity index is 1.65. The van der Waals surface area contributed by atoms with Gasteiger partial charge in [-0.15, -0.1) is 11.3 Å². The van der Waals surface area contributed by atoms with Crippen LogP contribution in [0.4, 0.5) is 13.2 Å².